The molecule has 1 aromatic heterocycles. The molecular formula is C17H18N2O4S. The number of amides is 2. The van der Waals surface area contributed by atoms with E-state index >= 15 is 0 Å². The number of phenolic OH excluding ortho intramolecular Hbond substituents is 2. The summed E-state index contributed by atoms with van der Waals surface area (Å²) < 4.78 is 0. The summed E-state index contributed by atoms with van der Waals surface area (Å²) in [5.41, 5.74) is 0.258. The maximum absolute atomic E-state index is 12.4. The third-order valence-corrected chi connectivity index (χ3v) is 4.88. The Morgan fingerprint density at radius 1 is 1.12 bits per heavy atom. The normalized spacial score (nSPS) is 15.2. The summed E-state index contributed by atoms with van der Waals surface area (Å²) >= 11 is 1.40. The number of aromatic hydroxyl groups is 2. The number of rotatable bonds is 3. The Hall–Kier alpha value is -2.54. The van der Waals surface area contributed by atoms with Gasteiger partial charge in [0, 0.05) is 30.8 Å². The van der Waals surface area contributed by atoms with Crippen LogP contribution in [0, 0.1) is 0 Å². The molecule has 0 bridgehead atoms. The van der Waals surface area contributed by atoms with Crippen LogP contribution in [0.2, 0.25) is 0 Å². The lowest BCUT2D eigenvalue weighted by molar-refractivity contribution is 0.0697. The number of carbonyl (C=O) groups is 2. The number of carbonyl (C=O) groups excluding carboxylic acids is 2. The van der Waals surface area contributed by atoms with Crippen molar-refractivity contribution in [3.05, 3.63) is 46.2 Å². The summed E-state index contributed by atoms with van der Waals surface area (Å²) in [6, 6.07) is 7.53. The van der Waals surface area contributed by atoms with Gasteiger partial charge in [-0.25, -0.2) is 0 Å². The number of hydrogen-bond acceptors (Lipinski definition) is 5. The van der Waals surface area contributed by atoms with Crippen molar-refractivity contribution in [1.29, 1.82) is 0 Å². The Labute approximate surface area is 143 Å². The van der Waals surface area contributed by atoms with E-state index in [1.807, 2.05) is 11.4 Å². The SMILES string of the molecule is O=C(NC1CCN(C(=O)c2cc(O)cc(O)c2)CC1)c1cccs1. The number of nitrogens with one attached hydrogen (secondary N) is 1. The highest BCUT2D eigenvalue weighted by Crippen LogP contribution is 2.23. The second-order valence-electron chi connectivity index (χ2n) is 5.76. The van der Waals surface area contributed by atoms with Crippen LogP contribution in [0.4, 0.5) is 0 Å². The van der Waals surface area contributed by atoms with E-state index in [1.54, 1.807) is 11.0 Å². The molecule has 2 aromatic rings. The minimum Gasteiger partial charge on any atom is -0.508 e. The number of likely N-dealkylation sites (tertiary alicyclic amines) is 1. The number of hydrogen-bond donors (Lipinski definition) is 3. The van der Waals surface area contributed by atoms with Gasteiger partial charge in [-0.1, -0.05) is 6.07 Å². The summed E-state index contributed by atoms with van der Waals surface area (Å²) in [4.78, 5) is 26.8. The van der Waals surface area contributed by atoms with Crippen LogP contribution in [0.15, 0.2) is 35.7 Å². The van der Waals surface area contributed by atoms with Gasteiger partial charge in [-0.15, -0.1) is 11.3 Å². The number of nitrogens with zero attached hydrogens (tertiary/aromatic N) is 1. The van der Waals surface area contributed by atoms with Gasteiger partial charge < -0.3 is 20.4 Å². The Morgan fingerprint density at radius 3 is 2.38 bits per heavy atom. The first-order chi connectivity index (χ1) is 11.5. The Bertz CT molecular complexity index is 717. The molecule has 0 atom stereocenters. The third-order valence-electron chi connectivity index (χ3n) is 4.01. The first-order valence-electron chi connectivity index (χ1n) is 7.69. The minimum absolute atomic E-state index is 0.0428. The highest BCUT2D eigenvalue weighted by molar-refractivity contribution is 7.12. The van der Waals surface area contributed by atoms with Crippen LogP contribution in [0.1, 0.15) is 32.9 Å². The summed E-state index contributed by atoms with van der Waals surface area (Å²) in [6.07, 6.45) is 1.35. The molecule has 0 aliphatic carbocycles. The van der Waals surface area contributed by atoms with E-state index in [4.69, 9.17) is 0 Å². The Morgan fingerprint density at radius 2 is 1.79 bits per heavy atom. The molecule has 0 radical (unpaired) electrons. The van der Waals surface area contributed by atoms with Gasteiger partial charge in [0.1, 0.15) is 11.5 Å². The topological polar surface area (TPSA) is 89.9 Å². The molecule has 1 aliphatic heterocycles. The first kappa shape index (κ1) is 16.3. The van der Waals surface area contributed by atoms with E-state index in [0.29, 0.717) is 30.8 Å². The third kappa shape index (κ3) is 3.68. The first-order valence-corrected chi connectivity index (χ1v) is 8.57. The lowest BCUT2D eigenvalue weighted by Crippen LogP contribution is -2.46. The van der Waals surface area contributed by atoms with Crippen molar-refractivity contribution in [2.45, 2.75) is 18.9 Å². The zero-order valence-corrected chi connectivity index (χ0v) is 13.8. The van der Waals surface area contributed by atoms with Gasteiger partial charge in [0.15, 0.2) is 0 Å². The van der Waals surface area contributed by atoms with Crippen molar-refractivity contribution in [2.75, 3.05) is 13.1 Å². The number of phenols is 2. The highest BCUT2D eigenvalue weighted by Gasteiger charge is 2.25. The summed E-state index contributed by atoms with van der Waals surface area (Å²) in [5.74, 6) is -0.593. The average molecular weight is 346 g/mol. The molecular weight excluding hydrogens is 328 g/mol. The predicted octanol–water partition coefficient (Wildman–Crippen LogP) is 2.19. The summed E-state index contributed by atoms with van der Waals surface area (Å²) in [6.45, 7) is 1.04. The van der Waals surface area contributed by atoms with Gasteiger partial charge in [-0.05, 0) is 36.4 Å². The van der Waals surface area contributed by atoms with Gasteiger partial charge in [-0.3, -0.25) is 9.59 Å². The van der Waals surface area contributed by atoms with Crippen molar-refractivity contribution >= 4 is 23.2 Å². The fraction of sp³-hybridized carbons (Fsp3) is 0.294. The second kappa shape index (κ2) is 6.92. The van der Waals surface area contributed by atoms with Crippen molar-refractivity contribution in [2.24, 2.45) is 0 Å². The molecule has 3 rings (SSSR count). The molecule has 126 valence electrons. The fourth-order valence-corrected chi connectivity index (χ4v) is 3.42. The van der Waals surface area contributed by atoms with Crippen LogP contribution in [0.25, 0.3) is 0 Å². The Balaban J connectivity index is 1.56. The van der Waals surface area contributed by atoms with Crippen LogP contribution in [0.3, 0.4) is 0 Å². The molecule has 0 spiro atoms. The van der Waals surface area contributed by atoms with Gasteiger partial charge in [0.05, 0.1) is 4.88 Å². The monoisotopic (exact) mass is 346 g/mol. The quantitative estimate of drug-likeness (QED) is 0.795. The molecule has 3 N–H and O–H groups in total. The van der Waals surface area contributed by atoms with Crippen LogP contribution in [0.5, 0.6) is 11.5 Å². The molecule has 24 heavy (non-hydrogen) atoms. The lowest BCUT2D eigenvalue weighted by atomic mass is 10.0. The number of benzene rings is 1. The lowest BCUT2D eigenvalue weighted by Gasteiger charge is -2.32. The summed E-state index contributed by atoms with van der Waals surface area (Å²) in [5, 5.41) is 23.8. The molecule has 0 unspecified atom stereocenters. The average Bonchev–Trinajstić information content (AvgIpc) is 3.08. The van der Waals surface area contributed by atoms with Gasteiger partial charge in [-0.2, -0.15) is 0 Å². The van der Waals surface area contributed by atoms with Crippen molar-refractivity contribution < 1.29 is 19.8 Å². The highest BCUT2D eigenvalue weighted by atomic mass is 32.1. The minimum atomic E-state index is -0.232. The second-order valence-corrected chi connectivity index (χ2v) is 6.70. The maximum atomic E-state index is 12.4. The summed E-state index contributed by atoms with van der Waals surface area (Å²) in [7, 11) is 0. The zero-order valence-electron chi connectivity index (χ0n) is 12.9. The molecule has 0 saturated carbocycles. The Kier molecular flexibility index (Phi) is 4.71. The standard InChI is InChI=1S/C17H18N2O4S/c20-13-8-11(9-14(21)10-13)17(23)19-5-3-12(4-6-19)18-16(22)15-2-1-7-24-15/h1-2,7-10,12,20-21H,3-6H2,(H,18,22). The molecule has 1 aromatic carbocycles. The van der Waals surface area contributed by atoms with Crippen LogP contribution in [-0.2, 0) is 0 Å². The zero-order chi connectivity index (χ0) is 17.1. The molecule has 7 heteroatoms. The largest absolute Gasteiger partial charge is 0.508 e. The van der Waals surface area contributed by atoms with E-state index < -0.39 is 0 Å². The van der Waals surface area contributed by atoms with Gasteiger partial charge in [0.25, 0.3) is 11.8 Å². The molecule has 2 amide bonds. The van der Waals surface area contributed by atoms with Gasteiger partial charge in [0.2, 0.25) is 0 Å². The van der Waals surface area contributed by atoms with E-state index in [2.05, 4.69) is 5.32 Å². The maximum Gasteiger partial charge on any atom is 0.261 e. The van der Waals surface area contributed by atoms with Gasteiger partial charge >= 0.3 is 0 Å². The van der Waals surface area contributed by atoms with Crippen LogP contribution < -0.4 is 5.32 Å². The van der Waals surface area contributed by atoms with Crippen LogP contribution in [-0.4, -0.2) is 46.1 Å². The number of thiophene rings is 1. The van der Waals surface area contributed by atoms with E-state index in [0.717, 1.165) is 0 Å². The van der Waals surface area contributed by atoms with E-state index in [1.165, 1.54) is 29.5 Å². The van der Waals surface area contributed by atoms with E-state index in [-0.39, 0.29) is 34.9 Å². The number of piperidine rings is 1. The smallest absolute Gasteiger partial charge is 0.261 e. The molecule has 1 aliphatic rings. The molecule has 2 heterocycles. The molecule has 6 nitrogen and oxygen atoms in total. The van der Waals surface area contributed by atoms with Crippen LogP contribution >= 0.6 is 11.3 Å². The van der Waals surface area contributed by atoms with E-state index in [9.17, 15) is 19.8 Å². The fourth-order valence-electron chi connectivity index (χ4n) is 2.79. The van der Waals surface area contributed by atoms with Crippen molar-refractivity contribution in [3.8, 4) is 11.5 Å². The predicted molar refractivity (Wildman–Crippen MR) is 90.5 cm³/mol. The van der Waals surface area contributed by atoms with Crippen molar-refractivity contribution in [1.82, 2.24) is 10.2 Å². The van der Waals surface area contributed by atoms with Crippen molar-refractivity contribution in [3.63, 3.8) is 0 Å². The molecule has 1 fully saturated rings. The molecule has 1 saturated heterocycles.